The molecule has 0 saturated carbocycles. The molecule has 0 amide bonds. The number of benzene rings is 1. The summed E-state index contributed by atoms with van der Waals surface area (Å²) in [6.45, 7) is 4.87. The number of rotatable bonds is 5. The molecule has 3 rings (SSSR count). The van der Waals surface area contributed by atoms with Crippen LogP contribution in [0.3, 0.4) is 0 Å². The van der Waals surface area contributed by atoms with Crippen LogP contribution in [0.15, 0.2) is 35.7 Å². The topological polar surface area (TPSA) is 36.4 Å². The van der Waals surface area contributed by atoms with E-state index < -0.39 is 0 Å². The largest absolute Gasteiger partial charge is 0.393 e. The number of aliphatic hydroxyl groups excluding tert-OH is 1. The molecule has 1 N–H and O–H groups in total. The lowest BCUT2D eigenvalue weighted by Crippen LogP contribution is -2.24. The molecule has 112 valence electrons. The van der Waals surface area contributed by atoms with Crippen molar-refractivity contribution in [3.63, 3.8) is 0 Å². The molecule has 1 aromatic carbocycles. The van der Waals surface area contributed by atoms with Gasteiger partial charge >= 0.3 is 0 Å². The molecule has 2 atom stereocenters. The summed E-state index contributed by atoms with van der Waals surface area (Å²) in [7, 11) is 0. The highest BCUT2D eigenvalue weighted by atomic mass is 32.1. The SMILES string of the molecule is CC(O)C1CCN(Cc2csc(Cc3ccccc3)n2)C1. The molecular weight excluding hydrogens is 280 g/mol. The molecule has 0 radical (unpaired) electrons. The summed E-state index contributed by atoms with van der Waals surface area (Å²) in [5, 5.41) is 13.0. The molecule has 0 aliphatic carbocycles. The smallest absolute Gasteiger partial charge is 0.0972 e. The molecule has 4 heteroatoms. The van der Waals surface area contributed by atoms with E-state index in [4.69, 9.17) is 4.98 Å². The lowest BCUT2D eigenvalue weighted by Gasteiger charge is -2.16. The number of aliphatic hydroxyl groups is 1. The molecule has 1 aromatic heterocycles. The minimum absolute atomic E-state index is 0.195. The van der Waals surface area contributed by atoms with Gasteiger partial charge in [0.1, 0.15) is 0 Å². The maximum Gasteiger partial charge on any atom is 0.0972 e. The van der Waals surface area contributed by atoms with Gasteiger partial charge in [0, 0.05) is 24.9 Å². The fourth-order valence-corrected chi connectivity index (χ4v) is 3.72. The predicted octanol–water partition coefficient (Wildman–Crippen LogP) is 2.94. The number of aromatic nitrogens is 1. The highest BCUT2D eigenvalue weighted by Gasteiger charge is 2.26. The number of thiazole rings is 1. The molecule has 1 saturated heterocycles. The number of nitrogens with zero attached hydrogens (tertiary/aromatic N) is 2. The van der Waals surface area contributed by atoms with E-state index >= 15 is 0 Å². The van der Waals surface area contributed by atoms with E-state index in [0.29, 0.717) is 5.92 Å². The van der Waals surface area contributed by atoms with Gasteiger partial charge in [-0.05, 0) is 31.4 Å². The standard InChI is InChI=1S/C17H22N2OS/c1-13(20)15-7-8-19(10-15)11-16-12-21-17(18-16)9-14-5-3-2-4-6-14/h2-6,12-13,15,20H,7-11H2,1H3. The summed E-state index contributed by atoms with van der Waals surface area (Å²) in [5.41, 5.74) is 2.48. The highest BCUT2D eigenvalue weighted by molar-refractivity contribution is 7.09. The Hall–Kier alpha value is -1.23. The van der Waals surface area contributed by atoms with Gasteiger partial charge in [0.15, 0.2) is 0 Å². The number of hydrogen-bond donors (Lipinski definition) is 1. The Morgan fingerprint density at radius 2 is 2.19 bits per heavy atom. The third-order valence-corrected chi connectivity index (χ3v) is 5.07. The van der Waals surface area contributed by atoms with Crippen molar-refractivity contribution in [3.8, 4) is 0 Å². The average molecular weight is 302 g/mol. The molecular formula is C17H22N2OS. The number of hydrogen-bond acceptors (Lipinski definition) is 4. The normalized spacial score (nSPS) is 20.8. The molecule has 0 spiro atoms. The van der Waals surface area contributed by atoms with Gasteiger partial charge in [-0.1, -0.05) is 30.3 Å². The molecule has 1 aliphatic rings. The van der Waals surface area contributed by atoms with Crippen LogP contribution in [0.25, 0.3) is 0 Å². The predicted molar refractivity (Wildman–Crippen MR) is 86.4 cm³/mol. The summed E-state index contributed by atoms with van der Waals surface area (Å²) >= 11 is 1.75. The second-order valence-corrected chi connectivity index (χ2v) is 6.86. The Bertz CT molecular complexity index is 567. The average Bonchev–Trinajstić information content (AvgIpc) is 3.10. The zero-order chi connectivity index (χ0) is 14.7. The lowest BCUT2D eigenvalue weighted by atomic mass is 10.0. The molecule has 2 heterocycles. The highest BCUT2D eigenvalue weighted by Crippen LogP contribution is 2.22. The van der Waals surface area contributed by atoms with Gasteiger partial charge in [-0.15, -0.1) is 11.3 Å². The molecule has 0 bridgehead atoms. The quantitative estimate of drug-likeness (QED) is 0.922. The first-order chi connectivity index (χ1) is 10.2. The van der Waals surface area contributed by atoms with Crippen LogP contribution >= 0.6 is 11.3 Å². The summed E-state index contributed by atoms with van der Waals surface area (Å²) in [6, 6.07) is 10.5. The van der Waals surface area contributed by atoms with Crippen molar-refractivity contribution in [2.24, 2.45) is 5.92 Å². The van der Waals surface area contributed by atoms with Gasteiger partial charge in [-0.25, -0.2) is 4.98 Å². The summed E-state index contributed by atoms with van der Waals surface area (Å²) < 4.78 is 0. The van der Waals surface area contributed by atoms with Gasteiger partial charge in [0.25, 0.3) is 0 Å². The Labute approximate surface area is 130 Å². The third-order valence-electron chi connectivity index (χ3n) is 4.17. The maximum absolute atomic E-state index is 9.66. The first-order valence-corrected chi connectivity index (χ1v) is 8.46. The van der Waals surface area contributed by atoms with Crippen LogP contribution in [0.1, 0.15) is 29.6 Å². The van der Waals surface area contributed by atoms with Gasteiger partial charge in [0.2, 0.25) is 0 Å². The van der Waals surface area contributed by atoms with Crippen LogP contribution in [-0.2, 0) is 13.0 Å². The van der Waals surface area contributed by atoms with E-state index in [1.165, 1.54) is 10.6 Å². The summed E-state index contributed by atoms with van der Waals surface area (Å²) in [4.78, 5) is 7.15. The van der Waals surface area contributed by atoms with Crippen molar-refractivity contribution in [3.05, 3.63) is 52.0 Å². The van der Waals surface area contributed by atoms with Crippen molar-refractivity contribution in [2.75, 3.05) is 13.1 Å². The minimum atomic E-state index is -0.195. The van der Waals surface area contributed by atoms with Crippen LogP contribution in [0.4, 0.5) is 0 Å². The van der Waals surface area contributed by atoms with E-state index in [-0.39, 0.29) is 6.10 Å². The van der Waals surface area contributed by atoms with Crippen molar-refractivity contribution in [2.45, 2.75) is 32.4 Å². The van der Waals surface area contributed by atoms with Crippen molar-refractivity contribution in [1.29, 1.82) is 0 Å². The maximum atomic E-state index is 9.66. The Morgan fingerprint density at radius 1 is 1.38 bits per heavy atom. The van der Waals surface area contributed by atoms with Crippen LogP contribution in [0, 0.1) is 5.92 Å². The van der Waals surface area contributed by atoms with Crippen molar-refractivity contribution in [1.82, 2.24) is 9.88 Å². The van der Waals surface area contributed by atoms with Crippen molar-refractivity contribution < 1.29 is 5.11 Å². The molecule has 2 unspecified atom stereocenters. The van der Waals surface area contributed by atoms with Gasteiger partial charge in [-0.2, -0.15) is 0 Å². The Morgan fingerprint density at radius 3 is 2.90 bits per heavy atom. The van der Waals surface area contributed by atoms with E-state index in [0.717, 1.165) is 38.2 Å². The fraction of sp³-hybridized carbons (Fsp3) is 0.471. The minimum Gasteiger partial charge on any atom is -0.393 e. The number of likely N-dealkylation sites (tertiary alicyclic amines) is 1. The first kappa shape index (κ1) is 14.7. The zero-order valence-electron chi connectivity index (χ0n) is 12.4. The molecule has 3 nitrogen and oxygen atoms in total. The van der Waals surface area contributed by atoms with E-state index in [1.807, 2.05) is 13.0 Å². The van der Waals surface area contributed by atoms with Crippen LogP contribution in [0.2, 0.25) is 0 Å². The Balaban J connectivity index is 1.56. The second kappa shape index (κ2) is 6.69. The zero-order valence-corrected chi connectivity index (χ0v) is 13.2. The lowest BCUT2D eigenvalue weighted by molar-refractivity contribution is 0.127. The van der Waals surface area contributed by atoms with Gasteiger partial charge in [-0.3, -0.25) is 4.90 Å². The van der Waals surface area contributed by atoms with Crippen LogP contribution in [-0.4, -0.2) is 34.2 Å². The van der Waals surface area contributed by atoms with E-state index in [9.17, 15) is 5.11 Å². The molecule has 2 aromatic rings. The van der Waals surface area contributed by atoms with Crippen molar-refractivity contribution >= 4 is 11.3 Å². The van der Waals surface area contributed by atoms with Gasteiger partial charge in [0.05, 0.1) is 16.8 Å². The van der Waals surface area contributed by atoms with E-state index in [1.54, 1.807) is 11.3 Å². The molecule has 1 aliphatic heterocycles. The third kappa shape index (κ3) is 3.90. The van der Waals surface area contributed by atoms with Crippen LogP contribution in [0.5, 0.6) is 0 Å². The fourth-order valence-electron chi connectivity index (χ4n) is 2.90. The summed E-state index contributed by atoms with van der Waals surface area (Å²) in [6.07, 6.45) is 1.82. The molecule has 1 fully saturated rings. The van der Waals surface area contributed by atoms with Crippen LogP contribution < -0.4 is 0 Å². The summed E-state index contributed by atoms with van der Waals surface area (Å²) in [5.74, 6) is 0.424. The monoisotopic (exact) mass is 302 g/mol. The second-order valence-electron chi connectivity index (χ2n) is 5.92. The first-order valence-electron chi connectivity index (χ1n) is 7.58. The Kier molecular flexibility index (Phi) is 4.68. The van der Waals surface area contributed by atoms with E-state index in [2.05, 4.69) is 34.5 Å². The van der Waals surface area contributed by atoms with Gasteiger partial charge < -0.3 is 5.11 Å². The molecule has 21 heavy (non-hydrogen) atoms.